The van der Waals surface area contributed by atoms with E-state index in [0.29, 0.717) is 0 Å². The van der Waals surface area contributed by atoms with E-state index < -0.39 is 0 Å². The third-order valence-corrected chi connectivity index (χ3v) is 4.32. The second-order valence-corrected chi connectivity index (χ2v) is 5.55. The molecule has 1 aliphatic rings. The lowest BCUT2D eigenvalue weighted by Gasteiger charge is -2.15. The Morgan fingerprint density at radius 1 is 1.12 bits per heavy atom. The van der Waals surface area contributed by atoms with Crippen LogP contribution in [0.3, 0.4) is 0 Å². The van der Waals surface area contributed by atoms with Crippen molar-refractivity contribution in [1.82, 2.24) is 0 Å². The maximum Gasteiger partial charge on any atom is 0.0588 e. The van der Waals surface area contributed by atoms with E-state index >= 15 is 0 Å². The molecule has 0 bridgehead atoms. The van der Waals surface area contributed by atoms with E-state index in [0.717, 1.165) is 6.42 Å². The van der Waals surface area contributed by atoms with E-state index in [1.807, 2.05) is 0 Å². The molecule has 1 unspecified atom stereocenters. The molecule has 3 rings (SSSR count). The first-order valence-corrected chi connectivity index (χ1v) is 6.86. The van der Waals surface area contributed by atoms with Crippen molar-refractivity contribution in [3.05, 3.63) is 47.0 Å². The van der Waals surface area contributed by atoms with Crippen LogP contribution in [0.4, 0.5) is 0 Å². The Hall–Kier alpha value is -1.01. The van der Waals surface area contributed by atoms with Gasteiger partial charge in [0.15, 0.2) is 0 Å². The summed E-state index contributed by atoms with van der Waals surface area (Å²) < 4.78 is 0. The van der Waals surface area contributed by atoms with E-state index in [9.17, 15) is 0 Å². The molecule has 0 saturated heterocycles. The number of fused-ring (bicyclic) bond motifs is 3. The summed E-state index contributed by atoms with van der Waals surface area (Å²) in [4.78, 5) is 0. The second-order valence-electron chi connectivity index (χ2n) is 5.02. The lowest BCUT2D eigenvalue weighted by Crippen LogP contribution is -1.97. The van der Waals surface area contributed by atoms with Gasteiger partial charge in [-0.15, -0.1) is 11.6 Å². The summed E-state index contributed by atoms with van der Waals surface area (Å²) in [5, 5.41) is 3.00. The van der Waals surface area contributed by atoms with E-state index in [1.165, 1.54) is 46.7 Å². The zero-order valence-corrected chi connectivity index (χ0v) is 10.9. The summed E-state index contributed by atoms with van der Waals surface area (Å²) in [6.07, 6.45) is 4.81. The maximum atomic E-state index is 6.52. The minimum atomic E-state index is 0.204. The van der Waals surface area contributed by atoms with Gasteiger partial charge in [0.1, 0.15) is 0 Å². The molecule has 0 aromatic heterocycles. The molecule has 0 saturated carbocycles. The first-order chi connectivity index (χ1) is 8.27. The highest BCUT2D eigenvalue weighted by molar-refractivity contribution is 6.21. The van der Waals surface area contributed by atoms with Crippen molar-refractivity contribution in [2.24, 2.45) is 0 Å². The van der Waals surface area contributed by atoms with Crippen molar-refractivity contribution in [3.63, 3.8) is 0 Å². The van der Waals surface area contributed by atoms with Crippen molar-refractivity contribution in [1.29, 1.82) is 0 Å². The van der Waals surface area contributed by atoms with Crippen LogP contribution >= 0.6 is 11.6 Å². The molecule has 0 nitrogen and oxygen atoms in total. The van der Waals surface area contributed by atoms with Crippen LogP contribution in [0.1, 0.15) is 41.3 Å². The van der Waals surface area contributed by atoms with Gasteiger partial charge in [-0.3, -0.25) is 0 Å². The van der Waals surface area contributed by atoms with Gasteiger partial charge in [0.25, 0.3) is 0 Å². The van der Waals surface area contributed by atoms with Crippen LogP contribution in [0, 0.1) is 6.92 Å². The van der Waals surface area contributed by atoms with Crippen molar-refractivity contribution in [3.8, 4) is 0 Å². The van der Waals surface area contributed by atoms with Crippen LogP contribution in [0.25, 0.3) is 10.8 Å². The SMILES string of the molecule is Cc1cc2c(c3ccccc13)CCCCC2Cl. The molecule has 1 heteroatoms. The van der Waals surface area contributed by atoms with Crippen LogP contribution in [0.15, 0.2) is 30.3 Å². The van der Waals surface area contributed by atoms with Crippen LogP contribution in [0.2, 0.25) is 0 Å². The topological polar surface area (TPSA) is 0 Å². The average molecular weight is 245 g/mol. The quantitative estimate of drug-likeness (QED) is 0.444. The lowest BCUT2D eigenvalue weighted by atomic mass is 9.92. The monoisotopic (exact) mass is 244 g/mol. The third-order valence-electron chi connectivity index (χ3n) is 3.87. The number of hydrogen-bond acceptors (Lipinski definition) is 0. The van der Waals surface area contributed by atoms with Gasteiger partial charge in [0, 0.05) is 0 Å². The second kappa shape index (κ2) is 4.34. The minimum Gasteiger partial charge on any atom is -0.118 e. The van der Waals surface area contributed by atoms with Gasteiger partial charge in [-0.25, -0.2) is 0 Å². The standard InChI is InChI=1S/C16H17Cl/c1-11-10-15-14(8-4-5-9-16(15)17)13-7-3-2-6-12(11)13/h2-3,6-7,10,16H,4-5,8-9H2,1H3. The zero-order chi connectivity index (χ0) is 11.8. The number of rotatable bonds is 0. The summed E-state index contributed by atoms with van der Waals surface area (Å²) in [7, 11) is 0. The lowest BCUT2D eigenvalue weighted by molar-refractivity contribution is 0.700. The summed E-state index contributed by atoms with van der Waals surface area (Å²) in [6.45, 7) is 2.19. The molecule has 2 aromatic rings. The van der Waals surface area contributed by atoms with Gasteiger partial charge in [-0.1, -0.05) is 36.8 Å². The Bertz CT molecular complexity index is 557. The average Bonchev–Trinajstić information content (AvgIpc) is 2.53. The normalized spacial score (nSPS) is 20.0. The highest BCUT2D eigenvalue weighted by atomic mass is 35.5. The number of hydrogen-bond donors (Lipinski definition) is 0. The van der Waals surface area contributed by atoms with Gasteiger partial charge >= 0.3 is 0 Å². The first kappa shape index (κ1) is 11.1. The Morgan fingerprint density at radius 3 is 2.71 bits per heavy atom. The van der Waals surface area contributed by atoms with Crippen molar-refractivity contribution in [2.45, 2.75) is 38.0 Å². The predicted molar refractivity (Wildman–Crippen MR) is 74.8 cm³/mol. The molecule has 0 aliphatic heterocycles. The highest BCUT2D eigenvalue weighted by Crippen LogP contribution is 2.38. The van der Waals surface area contributed by atoms with Crippen molar-refractivity contribution in [2.75, 3.05) is 0 Å². The van der Waals surface area contributed by atoms with Gasteiger partial charge < -0.3 is 0 Å². The molecule has 0 radical (unpaired) electrons. The summed E-state index contributed by atoms with van der Waals surface area (Å²) in [5.41, 5.74) is 4.22. The molecule has 1 atom stereocenters. The first-order valence-electron chi connectivity index (χ1n) is 6.42. The molecular weight excluding hydrogens is 228 g/mol. The molecule has 0 spiro atoms. The molecule has 1 aliphatic carbocycles. The molecule has 0 amide bonds. The van der Waals surface area contributed by atoms with Gasteiger partial charge in [-0.05, 0) is 53.6 Å². The Kier molecular flexibility index (Phi) is 2.84. The molecule has 0 heterocycles. The number of alkyl halides is 1. The Labute approximate surface area is 108 Å². The summed E-state index contributed by atoms with van der Waals surface area (Å²) in [5.74, 6) is 0. The van der Waals surface area contributed by atoms with Crippen LogP contribution in [-0.4, -0.2) is 0 Å². The predicted octanol–water partition coefficient (Wildman–Crippen LogP) is 5.15. The van der Waals surface area contributed by atoms with Crippen molar-refractivity contribution >= 4 is 22.4 Å². The fourth-order valence-electron chi connectivity index (χ4n) is 2.98. The van der Waals surface area contributed by atoms with Crippen LogP contribution < -0.4 is 0 Å². The number of aryl methyl sites for hydroxylation is 2. The van der Waals surface area contributed by atoms with E-state index in [1.54, 1.807) is 0 Å². The fraction of sp³-hybridized carbons (Fsp3) is 0.375. The molecule has 2 aromatic carbocycles. The molecule has 0 N–H and O–H groups in total. The highest BCUT2D eigenvalue weighted by Gasteiger charge is 2.19. The zero-order valence-electron chi connectivity index (χ0n) is 10.2. The smallest absolute Gasteiger partial charge is 0.0588 e. The fourth-order valence-corrected chi connectivity index (χ4v) is 3.33. The van der Waals surface area contributed by atoms with Gasteiger partial charge in [-0.2, -0.15) is 0 Å². The third kappa shape index (κ3) is 1.85. The van der Waals surface area contributed by atoms with Gasteiger partial charge in [0.2, 0.25) is 0 Å². The molecule has 88 valence electrons. The van der Waals surface area contributed by atoms with Gasteiger partial charge in [0.05, 0.1) is 5.38 Å². The van der Waals surface area contributed by atoms with Crippen LogP contribution in [0.5, 0.6) is 0 Å². The molecule has 17 heavy (non-hydrogen) atoms. The van der Waals surface area contributed by atoms with E-state index in [4.69, 9.17) is 11.6 Å². The number of benzene rings is 2. The molecular formula is C16H17Cl. The minimum absolute atomic E-state index is 0.204. The largest absolute Gasteiger partial charge is 0.118 e. The molecule has 0 fully saturated rings. The van der Waals surface area contributed by atoms with E-state index in [2.05, 4.69) is 37.3 Å². The number of halogens is 1. The Morgan fingerprint density at radius 2 is 1.88 bits per heavy atom. The summed E-state index contributed by atoms with van der Waals surface area (Å²) >= 11 is 6.52. The van der Waals surface area contributed by atoms with Crippen LogP contribution in [-0.2, 0) is 6.42 Å². The van der Waals surface area contributed by atoms with Crippen molar-refractivity contribution < 1.29 is 0 Å². The Balaban J connectivity index is 2.34. The van der Waals surface area contributed by atoms with E-state index in [-0.39, 0.29) is 5.38 Å². The maximum absolute atomic E-state index is 6.52. The summed E-state index contributed by atoms with van der Waals surface area (Å²) in [6, 6.07) is 11.0.